The zero-order chi connectivity index (χ0) is 15.7. The van der Waals surface area contributed by atoms with Crippen molar-refractivity contribution in [3.05, 3.63) is 53.6 Å². The molecule has 0 spiro atoms. The molecule has 22 heavy (non-hydrogen) atoms. The minimum absolute atomic E-state index is 0.266. The lowest BCUT2D eigenvalue weighted by Gasteiger charge is -2.11. The number of nitrogens with one attached hydrogen (secondary N) is 1. The second kappa shape index (κ2) is 5.65. The summed E-state index contributed by atoms with van der Waals surface area (Å²) >= 11 is 0. The summed E-state index contributed by atoms with van der Waals surface area (Å²) in [7, 11) is 0. The Balaban J connectivity index is 1.90. The number of rotatable bonds is 1. The minimum Gasteiger partial charge on any atom is -0.492 e. The van der Waals surface area contributed by atoms with Crippen LogP contribution in [0.3, 0.4) is 0 Å². The first-order valence-corrected chi connectivity index (χ1v) is 7.10. The quantitative estimate of drug-likeness (QED) is 0.850. The molecule has 3 rings (SSSR count). The normalized spacial score (nSPS) is 18.3. The highest BCUT2D eigenvalue weighted by atomic mass is 19.4. The third-order valence-electron chi connectivity index (χ3n) is 3.74. The van der Waals surface area contributed by atoms with E-state index in [0.29, 0.717) is 13.2 Å². The molecule has 2 nitrogen and oxygen atoms in total. The number of hydrogen-bond acceptors (Lipinski definition) is 2. The lowest BCUT2D eigenvalue weighted by atomic mass is 10.0. The van der Waals surface area contributed by atoms with Gasteiger partial charge in [0.05, 0.1) is 5.56 Å². The highest BCUT2D eigenvalue weighted by molar-refractivity contribution is 5.66. The van der Waals surface area contributed by atoms with Gasteiger partial charge in [0, 0.05) is 18.2 Å². The van der Waals surface area contributed by atoms with Gasteiger partial charge in [-0.05, 0) is 42.3 Å². The Morgan fingerprint density at radius 3 is 2.41 bits per heavy atom. The maximum Gasteiger partial charge on any atom is 0.416 e. The van der Waals surface area contributed by atoms with E-state index in [4.69, 9.17) is 4.74 Å². The van der Waals surface area contributed by atoms with Crippen LogP contribution >= 0.6 is 0 Å². The van der Waals surface area contributed by atoms with Crippen molar-refractivity contribution in [2.45, 2.75) is 25.7 Å². The van der Waals surface area contributed by atoms with Crippen LogP contribution in [0.2, 0.25) is 0 Å². The largest absolute Gasteiger partial charge is 0.492 e. The average Bonchev–Trinajstić information content (AvgIpc) is 2.68. The summed E-state index contributed by atoms with van der Waals surface area (Å²) in [5, 5.41) is 3.33. The van der Waals surface area contributed by atoms with Gasteiger partial charge < -0.3 is 10.1 Å². The molecule has 2 aromatic carbocycles. The van der Waals surface area contributed by atoms with Gasteiger partial charge in [0.15, 0.2) is 0 Å². The van der Waals surface area contributed by atoms with Gasteiger partial charge in [-0.3, -0.25) is 0 Å². The van der Waals surface area contributed by atoms with E-state index in [1.807, 2.05) is 25.1 Å². The van der Waals surface area contributed by atoms with Crippen molar-refractivity contribution < 1.29 is 17.9 Å². The molecular weight excluding hydrogens is 291 g/mol. The standard InChI is InChI=1S/C17H16F3NO/c1-11-10-22-16-7-4-13(8-14(16)9-21-11)12-2-5-15(6-3-12)17(18,19)20/h2-8,11,21H,9-10H2,1H3/t11-/m1/s1. The zero-order valence-electron chi connectivity index (χ0n) is 12.1. The lowest BCUT2D eigenvalue weighted by Crippen LogP contribution is -2.28. The van der Waals surface area contributed by atoms with Crippen LogP contribution in [0.5, 0.6) is 5.75 Å². The topological polar surface area (TPSA) is 21.3 Å². The molecule has 0 amide bonds. The van der Waals surface area contributed by atoms with Crippen LogP contribution in [0.15, 0.2) is 42.5 Å². The first kappa shape index (κ1) is 14.9. The van der Waals surface area contributed by atoms with E-state index in [9.17, 15) is 13.2 Å². The third-order valence-corrected chi connectivity index (χ3v) is 3.74. The van der Waals surface area contributed by atoms with E-state index in [1.54, 1.807) is 0 Å². The van der Waals surface area contributed by atoms with Crippen molar-refractivity contribution in [1.82, 2.24) is 5.32 Å². The second-order valence-corrected chi connectivity index (χ2v) is 5.49. The van der Waals surface area contributed by atoms with Gasteiger partial charge in [-0.2, -0.15) is 13.2 Å². The van der Waals surface area contributed by atoms with Crippen LogP contribution in [0.4, 0.5) is 13.2 Å². The molecule has 0 unspecified atom stereocenters. The summed E-state index contributed by atoms with van der Waals surface area (Å²) in [6.45, 7) is 3.33. The molecule has 0 aromatic heterocycles. The monoisotopic (exact) mass is 307 g/mol. The molecule has 0 saturated heterocycles. The van der Waals surface area contributed by atoms with Crippen LogP contribution < -0.4 is 10.1 Å². The Kier molecular flexibility index (Phi) is 3.83. The predicted octanol–water partition coefficient (Wildman–Crippen LogP) is 4.24. The van der Waals surface area contributed by atoms with Crippen LogP contribution in [-0.2, 0) is 12.7 Å². The number of ether oxygens (including phenoxy) is 1. The first-order chi connectivity index (χ1) is 10.4. The summed E-state index contributed by atoms with van der Waals surface area (Å²) in [6.07, 6.45) is -4.31. The van der Waals surface area contributed by atoms with Gasteiger partial charge in [0.1, 0.15) is 12.4 Å². The Labute approximate surface area is 126 Å². The molecule has 1 N–H and O–H groups in total. The Hall–Kier alpha value is -2.01. The lowest BCUT2D eigenvalue weighted by molar-refractivity contribution is -0.137. The van der Waals surface area contributed by atoms with E-state index in [0.717, 1.165) is 34.6 Å². The van der Waals surface area contributed by atoms with Gasteiger partial charge in [0.2, 0.25) is 0 Å². The predicted molar refractivity (Wildman–Crippen MR) is 78.7 cm³/mol. The van der Waals surface area contributed by atoms with E-state index < -0.39 is 11.7 Å². The fraction of sp³-hybridized carbons (Fsp3) is 0.294. The van der Waals surface area contributed by atoms with Crippen molar-refractivity contribution in [3.8, 4) is 16.9 Å². The molecule has 1 aliphatic heterocycles. The molecule has 2 aromatic rings. The van der Waals surface area contributed by atoms with Crippen molar-refractivity contribution in [2.24, 2.45) is 0 Å². The van der Waals surface area contributed by atoms with E-state index in [-0.39, 0.29) is 6.04 Å². The van der Waals surface area contributed by atoms with Gasteiger partial charge in [-0.25, -0.2) is 0 Å². The minimum atomic E-state index is -4.31. The highest BCUT2D eigenvalue weighted by Gasteiger charge is 2.30. The molecule has 116 valence electrons. The third kappa shape index (κ3) is 3.09. The molecule has 1 heterocycles. The fourth-order valence-corrected chi connectivity index (χ4v) is 2.45. The first-order valence-electron chi connectivity index (χ1n) is 7.10. The van der Waals surface area contributed by atoms with Gasteiger partial charge in [0.25, 0.3) is 0 Å². The van der Waals surface area contributed by atoms with Gasteiger partial charge >= 0.3 is 6.18 Å². The van der Waals surface area contributed by atoms with E-state index in [2.05, 4.69) is 5.32 Å². The zero-order valence-corrected chi connectivity index (χ0v) is 12.1. The van der Waals surface area contributed by atoms with Crippen molar-refractivity contribution >= 4 is 0 Å². The smallest absolute Gasteiger partial charge is 0.416 e. The van der Waals surface area contributed by atoms with Gasteiger partial charge in [-0.15, -0.1) is 0 Å². The Morgan fingerprint density at radius 1 is 1.05 bits per heavy atom. The second-order valence-electron chi connectivity index (χ2n) is 5.49. The van der Waals surface area contributed by atoms with Crippen LogP contribution in [0.25, 0.3) is 11.1 Å². The molecule has 0 bridgehead atoms. The molecule has 0 aliphatic carbocycles. The van der Waals surface area contributed by atoms with Crippen molar-refractivity contribution in [1.29, 1.82) is 0 Å². The van der Waals surface area contributed by atoms with Crippen LogP contribution in [-0.4, -0.2) is 12.6 Å². The number of halogens is 3. The number of fused-ring (bicyclic) bond motifs is 1. The molecule has 0 radical (unpaired) electrons. The number of hydrogen-bond donors (Lipinski definition) is 1. The van der Waals surface area contributed by atoms with E-state index in [1.165, 1.54) is 12.1 Å². The molecule has 1 aliphatic rings. The Bertz CT molecular complexity index is 665. The molecule has 0 fully saturated rings. The molecule has 5 heteroatoms. The summed E-state index contributed by atoms with van der Waals surface area (Å²) in [5.74, 6) is 0.826. The number of benzene rings is 2. The molecule has 0 saturated carbocycles. The fourth-order valence-electron chi connectivity index (χ4n) is 2.45. The number of alkyl halides is 3. The highest BCUT2D eigenvalue weighted by Crippen LogP contribution is 2.32. The summed E-state index contributed by atoms with van der Waals surface area (Å²) < 4.78 is 43.5. The summed E-state index contributed by atoms with van der Waals surface area (Å²) in [4.78, 5) is 0. The molecular formula is C17H16F3NO. The van der Waals surface area contributed by atoms with E-state index >= 15 is 0 Å². The Morgan fingerprint density at radius 2 is 1.73 bits per heavy atom. The van der Waals surface area contributed by atoms with Gasteiger partial charge in [-0.1, -0.05) is 18.2 Å². The van der Waals surface area contributed by atoms with Crippen LogP contribution in [0.1, 0.15) is 18.1 Å². The SMILES string of the molecule is C[C@@H]1COc2ccc(-c3ccc(C(F)(F)F)cc3)cc2CN1. The summed E-state index contributed by atoms with van der Waals surface area (Å²) in [5.41, 5.74) is 2.02. The summed E-state index contributed by atoms with van der Waals surface area (Å²) in [6, 6.07) is 11.2. The van der Waals surface area contributed by atoms with Crippen molar-refractivity contribution in [2.75, 3.05) is 6.61 Å². The average molecular weight is 307 g/mol. The van der Waals surface area contributed by atoms with Crippen molar-refractivity contribution in [3.63, 3.8) is 0 Å². The maximum atomic E-state index is 12.6. The maximum absolute atomic E-state index is 12.6. The van der Waals surface area contributed by atoms with Crippen LogP contribution in [0, 0.1) is 0 Å². The molecule has 1 atom stereocenters.